The average molecular weight is 301 g/mol. The molecule has 0 aromatic carbocycles. The molecule has 1 atom stereocenters. The van der Waals surface area contributed by atoms with Crippen molar-refractivity contribution in [3.63, 3.8) is 0 Å². The number of nitrogens with zero attached hydrogens (tertiary/aromatic N) is 1. The number of hydrogen-bond acceptors (Lipinski definition) is 7. The van der Waals surface area contributed by atoms with Crippen LogP contribution in [0.15, 0.2) is 0 Å². The van der Waals surface area contributed by atoms with Crippen LogP contribution in [0.5, 0.6) is 0 Å². The molecule has 0 N–H and O–H groups in total. The lowest BCUT2D eigenvalue weighted by Gasteiger charge is -2.15. The first kappa shape index (κ1) is 16.9. The molecule has 2 amide bonds. The van der Waals surface area contributed by atoms with Crippen molar-refractivity contribution in [3.05, 3.63) is 0 Å². The van der Waals surface area contributed by atoms with Crippen molar-refractivity contribution in [1.82, 2.24) is 5.06 Å². The smallest absolute Gasteiger partial charge is 0.465 e. The minimum absolute atomic E-state index is 0.0237. The zero-order valence-corrected chi connectivity index (χ0v) is 12.1. The van der Waals surface area contributed by atoms with E-state index in [1.165, 1.54) is 0 Å². The zero-order valence-electron chi connectivity index (χ0n) is 12.1. The van der Waals surface area contributed by atoms with Crippen molar-refractivity contribution in [1.29, 1.82) is 0 Å². The summed E-state index contributed by atoms with van der Waals surface area (Å²) in [5.74, 6) is -1.67. The highest BCUT2D eigenvalue weighted by atomic mass is 16.8. The molecule has 1 rings (SSSR count). The van der Waals surface area contributed by atoms with E-state index in [0.29, 0.717) is 17.9 Å². The molecule has 8 heteroatoms. The number of carbonyl (C=O) groups excluding carboxylic acids is 4. The molecule has 1 heterocycles. The van der Waals surface area contributed by atoms with Crippen molar-refractivity contribution in [2.75, 3.05) is 13.2 Å². The predicted octanol–water partition coefficient (Wildman–Crippen LogP) is 1.18. The van der Waals surface area contributed by atoms with Crippen LogP contribution in [-0.2, 0) is 28.7 Å². The molecule has 0 aromatic rings. The van der Waals surface area contributed by atoms with E-state index in [4.69, 9.17) is 9.47 Å². The normalized spacial score (nSPS) is 15.8. The van der Waals surface area contributed by atoms with Gasteiger partial charge in [0, 0.05) is 25.2 Å². The summed E-state index contributed by atoms with van der Waals surface area (Å²) in [6, 6.07) is 0. The number of amides is 2. The third-order valence-corrected chi connectivity index (χ3v) is 2.64. The van der Waals surface area contributed by atoms with Crippen molar-refractivity contribution in [2.45, 2.75) is 39.5 Å². The van der Waals surface area contributed by atoms with E-state index in [2.05, 4.69) is 4.84 Å². The maximum atomic E-state index is 11.3. The Hall–Kier alpha value is -2.12. The third-order valence-electron chi connectivity index (χ3n) is 2.64. The van der Waals surface area contributed by atoms with Gasteiger partial charge in [0.2, 0.25) is 0 Å². The molecule has 1 fully saturated rings. The molecule has 0 aromatic heterocycles. The highest BCUT2D eigenvalue weighted by molar-refractivity contribution is 6.01. The first-order valence-electron chi connectivity index (χ1n) is 6.80. The zero-order chi connectivity index (χ0) is 15.8. The molecule has 0 saturated carbocycles. The molecule has 0 spiro atoms. The Bertz CT molecular complexity index is 405. The summed E-state index contributed by atoms with van der Waals surface area (Å²) < 4.78 is 9.71. The lowest BCUT2D eigenvalue weighted by Crippen LogP contribution is -2.33. The van der Waals surface area contributed by atoms with Gasteiger partial charge in [-0.05, 0) is 6.42 Å². The number of rotatable bonds is 7. The summed E-state index contributed by atoms with van der Waals surface area (Å²) in [7, 11) is 0. The van der Waals surface area contributed by atoms with Gasteiger partial charge in [-0.2, -0.15) is 0 Å². The topological polar surface area (TPSA) is 99.2 Å². The second-order valence-corrected chi connectivity index (χ2v) is 4.77. The lowest BCUT2D eigenvalue weighted by atomic mass is 10.2. The van der Waals surface area contributed by atoms with Crippen LogP contribution >= 0.6 is 0 Å². The van der Waals surface area contributed by atoms with Gasteiger partial charge in [0.25, 0.3) is 11.8 Å². The summed E-state index contributed by atoms with van der Waals surface area (Å²) in [6.45, 7) is 3.66. The summed E-state index contributed by atoms with van der Waals surface area (Å²) in [5.41, 5.74) is 0. The van der Waals surface area contributed by atoms with Crippen molar-refractivity contribution < 1.29 is 33.5 Å². The van der Waals surface area contributed by atoms with Gasteiger partial charge in [-0.3, -0.25) is 19.2 Å². The molecule has 1 saturated heterocycles. The van der Waals surface area contributed by atoms with E-state index in [9.17, 15) is 19.2 Å². The van der Waals surface area contributed by atoms with Crippen LogP contribution in [0.1, 0.15) is 39.5 Å². The first-order valence-corrected chi connectivity index (χ1v) is 6.80. The fourth-order valence-corrected chi connectivity index (χ4v) is 1.53. The molecule has 1 aliphatic heterocycles. The van der Waals surface area contributed by atoms with Gasteiger partial charge in [0.1, 0.15) is 6.61 Å². The molecular weight excluding hydrogens is 282 g/mol. The number of carbonyl (C=O) groups is 4. The fraction of sp³-hybridized carbons (Fsp3) is 0.692. The van der Waals surface area contributed by atoms with E-state index in [1.807, 2.05) is 6.92 Å². The van der Waals surface area contributed by atoms with Crippen molar-refractivity contribution >= 4 is 23.9 Å². The molecule has 0 aliphatic carbocycles. The molecule has 1 unspecified atom stereocenters. The van der Waals surface area contributed by atoms with Gasteiger partial charge in [-0.25, -0.2) is 4.79 Å². The molecule has 1 aliphatic rings. The molecule has 0 bridgehead atoms. The maximum Gasteiger partial charge on any atom is 0.533 e. The Balaban J connectivity index is 2.21. The maximum absolute atomic E-state index is 11.3. The van der Waals surface area contributed by atoms with Crippen LogP contribution in [-0.4, -0.2) is 42.2 Å². The molecule has 21 heavy (non-hydrogen) atoms. The number of imide groups is 1. The number of hydroxylamine groups is 2. The minimum atomic E-state index is -1.13. The number of ether oxygens (including phenoxy) is 2. The van der Waals surface area contributed by atoms with Crippen LogP contribution in [0.3, 0.4) is 0 Å². The van der Waals surface area contributed by atoms with Crippen LogP contribution < -0.4 is 0 Å². The van der Waals surface area contributed by atoms with Crippen LogP contribution in [0.25, 0.3) is 0 Å². The standard InChI is InChI=1S/C13H19NO7/c1-3-4-12(17)19-7-9(2)8-20-13(18)21-14-10(15)5-6-11(14)16/h9H,3-8H2,1-2H3. The highest BCUT2D eigenvalue weighted by Crippen LogP contribution is 2.12. The van der Waals surface area contributed by atoms with Gasteiger partial charge < -0.3 is 9.47 Å². The Morgan fingerprint density at radius 3 is 2.29 bits per heavy atom. The Morgan fingerprint density at radius 2 is 1.71 bits per heavy atom. The Kier molecular flexibility index (Phi) is 6.64. The predicted molar refractivity (Wildman–Crippen MR) is 68.6 cm³/mol. The minimum Gasteiger partial charge on any atom is -0.465 e. The molecule has 0 radical (unpaired) electrons. The van der Waals surface area contributed by atoms with Gasteiger partial charge >= 0.3 is 12.1 Å². The average Bonchev–Trinajstić information content (AvgIpc) is 2.75. The third kappa shape index (κ3) is 5.80. The van der Waals surface area contributed by atoms with Gasteiger partial charge in [-0.15, -0.1) is 0 Å². The highest BCUT2D eigenvalue weighted by Gasteiger charge is 2.33. The summed E-state index contributed by atoms with van der Waals surface area (Å²) in [4.78, 5) is 49.4. The van der Waals surface area contributed by atoms with E-state index in [1.54, 1.807) is 6.92 Å². The monoisotopic (exact) mass is 301 g/mol. The van der Waals surface area contributed by atoms with E-state index >= 15 is 0 Å². The quantitative estimate of drug-likeness (QED) is 0.514. The second kappa shape index (κ2) is 8.23. The van der Waals surface area contributed by atoms with Crippen LogP contribution in [0, 0.1) is 5.92 Å². The van der Waals surface area contributed by atoms with E-state index in [-0.39, 0.29) is 37.9 Å². The molecular formula is C13H19NO7. The van der Waals surface area contributed by atoms with Gasteiger partial charge in [0.05, 0.1) is 6.61 Å². The van der Waals surface area contributed by atoms with Crippen molar-refractivity contribution in [3.8, 4) is 0 Å². The van der Waals surface area contributed by atoms with Crippen molar-refractivity contribution in [2.24, 2.45) is 5.92 Å². The fourth-order valence-electron chi connectivity index (χ4n) is 1.53. The largest absolute Gasteiger partial charge is 0.533 e. The molecule has 8 nitrogen and oxygen atoms in total. The second-order valence-electron chi connectivity index (χ2n) is 4.77. The SMILES string of the molecule is CCCC(=O)OCC(C)COC(=O)ON1C(=O)CCC1=O. The van der Waals surface area contributed by atoms with Crippen LogP contribution in [0.4, 0.5) is 4.79 Å². The van der Waals surface area contributed by atoms with Gasteiger partial charge in [-0.1, -0.05) is 18.9 Å². The number of hydrogen-bond donors (Lipinski definition) is 0. The van der Waals surface area contributed by atoms with E-state index < -0.39 is 18.0 Å². The lowest BCUT2D eigenvalue weighted by molar-refractivity contribution is -0.177. The van der Waals surface area contributed by atoms with Gasteiger partial charge in [0.15, 0.2) is 0 Å². The summed E-state index contributed by atoms with van der Waals surface area (Å²) in [5, 5.41) is 0.411. The Labute approximate surface area is 122 Å². The van der Waals surface area contributed by atoms with Crippen LogP contribution in [0.2, 0.25) is 0 Å². The van der Waals surface area contributed by atoms with E-state index in [0.717, 1.165) is 0 Å². The number of esters is 1. The first-order chi connectivity index (χ1) is 9.93. The summed E-state index contributed by atoms with van der Waals surface area (Å²) in [6.07, 6.45) is -0.0422. The molecule has 118 valence electrons. The summed E-state index contributed by atoms with van der Waals surface area (Å²) >= 11 is 0. The Morgan fingerprint density at radius 1 is 1.14 bits per heavy atom.